The van der Waals surface area contributed by atoms with Gasteiger partial charge in [-0.3, -0.25) is 19.3 Å². The Hall–Kier alpha value is -1.19. The van der Waals surface area contributed by atoms with Gasteiger partial charge in [-0.15, -0.1) is 0 Å². The summed E-state index contributed by atoms with van der Waals surface area (Å²) in [4.78, 5) is 37.9. The fraction of sp³-hybridized carbons (Fsp3) is 0.857. The van der Waals surface area contributed by atoms with Crippen molar-refractivity contribution in [2.24, 2.45) is 11.8 Å². The minimum atomic E-state index is -0.0826. The molecule has 1 unspecified atom stereocenters. The molecule has 4 nitrogen and oxygen atoms in total. The first-order valence-corrected chi connectivity index (χ1v) is 10.4. The molecule has 0 spiro atoms. The maximum atomic E-state index is 12.4. The molecule has 0 saturated carbocycles. The number of ketones is 1. The summed E-state index contributed by atoms with van der Waals surface area (Å²) in [7, 11) is 0. The standard InChI is InChI=1S/C21H37NO3/c1-4-7-8-10-13-18-16-20(24)22(21(18)25)15-12-9-11-14-19(23)17(5-2)6-3/h17-18H,4-16H2,1-3H3. The Morgan fingerprint density at radius 1 is 1.00 bits per heavy atom. The van der Waals surface area contributed by atoms with Crippen molar-refractivity contribution in [3.63, 3.8) is 0 Å². The van der Waals surface area contributed by atoms with Crippen molar-refractivity contribution >= 4 is 17.6 Å². The Morgan fingerprint density at radius 2 is 1.68 bits per heavy atom. The van der Waals surface area contributed by atoms with Gasteiger partial charge in [-0.05, 0) is 32.1 Å². The van der Waals surface area contributed by atoms with Crippen LogP contribution in [0.4, 0.5) is 0 Å². The van der Waals surface area contributed by atoms with Crippen LogP contribution >= 0.6 is 0 Å². The maximum absolute atomic E-state index is 12.4. The van der Waals surface area contributed by atoms with Crippen molar-refractivity contribution in [2.75, 3.05) is 6.54 Å². The molecule has 1 atom stereocenters. The Morgan fingerprint density at radius 3 is 2.32 bits per heavy atom. The summed E-state index contributed by atoms with van der Waals surface area (Å²) in [5.41, 5.74) is 0. The van der Waals surface area contributed by atoms with Crippen LogP contribution in [-0.2, 0) is 14.4 Å². The monoisotopic (exact) mass is 351 g/mol. The lowest BCUT2D eigenvalue weighted by Crippen LogP contribution is -2.31. The molecule has 0 aromatic carbocycles. The third-order valence-corrected chi connectivity index (χ3v) is 5.49. The molecule has 1 rings (SSSR count). The average molecular weight is 352 g/mol. The Bertz CT molecular complexity index is 429. The predicted molar refractivity (Wildman–Crippen MR) is 101 cm³/mol. The lowest BCUT2D eigenvalue weighted by molar-refractivity contribution is -0.139. The van der Waals surface area contributed by atoms with E-state index in [0.29, 0.717) is 25.2 Å². The number of amides is 2. The first-order valence-electron chi connectivity index (χ1n) is 10.4. The molecule has 1 aliphatic heterocycles. The molecule has 144 valence electrons. The van der Waals surface area contributed by atoms with E-state index < -0.39 is 0 Å². The second kappa shape index (κ2) is 12.2. The van der Waals surface area contributed by atoms with Gasteiger partial charge in [-0.2, -0.15) is 0 Å². The third-order valence-electron chi connectivity index (χ3n) is 5.49. The molecule has 1 saturated heterocycles. The highest BCUT2D eigenvalue weighted by Gasteiger charge is 2.37. The normalized spacial score (nSPS) is 17.8. The third kappa shape index (κ3) is 7.29. The maximum Gasteiger partial charge on any atom is 0.232 e. The van der Waals surface area contributed by atoms with Crippen LogP contribution in [-0.4, -0.2) is 29.0 Å². The molecular formula is C21H37NO3. The molecule has 0 aromatic rings. The van der Waals surface area contributed by atoms with E-state index in [-0.39, 0.29) is 23.7 Å². The molecule has 2 amide bonds. The zero-order valence-electron chi connectivity index (χ0n) is 16.5. The molecule has 25 heavy (non-hydrogen) atoms. The molecule has 1 fully saturated rings. The number of rotatable bonds is 14. The van der Waals surface area contributed by atoms with Gasteiger partial charge in [-0.1, -0.05) is 52.9 Å². The zero-order chi connectivity index (χ0) is 18.7. The molecule has 0 aromatic heterocycles. The van der Waals surface area contributed by atoms with Crippen LogP contribution in [0.2, 0.25) is 0 Å². The first kappa shape index (κ1) is 21.9. The van der Waals surface area contributed by atoms with Gasteiger partial charge in [0.25, 0.3) is 0 Å². The smallest absolute Gasteiger partial charge is 0.232 e. The SMILES string of the molecule is CCCCCCC1CC(=O)N(CCCCCC(=O)C(CC)CC)C1=O. The van der Waals surface area contributed by atoms with Crippen LogP contribution in [0.25, 0.3) is 0 Å². The quantitative estimate of drug-likeness (QED) is 0.330. The Labute approximate surface area is 153 Å². The number of likely N-dealkylation sites (tertiary alicyclic amines) is 1. The molecule has 1 heterocycles. The van der Waals surface area contributed by atoms with E-state index in [2.05, 4.69) is 20.8 Å². The molecular weight excluding hydrogens is 314 g/mol. The number of imide groups is 1. The van der Waals surface area contributed by atoms with Gasteiger partial charge in [0.15, 0.2) is 0 Å². The molecule has 0 aliphatic carbocycles. The fourth-order valence-corrected chi connectivity index (χ4v) is 3.72. The number of hydrogen-bond acceptors (Lipinski definition) is 3. The summed E-state index contributed by atoms with van der Waals surface area (Å²) in [5, 5.41) is 0. The van der Waals surface area contributed by atoms with Gasteiger partial charge in [0.05, 0.1) is 0 Å². The minimum Gasteiger partial charge on any atom is -0.299 e. The summed E-state index contributed by atoms with van der Waals surface area (Å²) < 4.78 is 0. The number of nitrogens with zero attached hydrogens (tertiary/aromatic N) is 1. The van der Waals surface area contributed by atoms with Gasteiger partial charge in [0, 0.05) is 31.2 Å². The van der Waals surface area contributed by atoms with Crippen LogP contribution < -0.4 is 0 Å². The van der Waals surface area contributed by atoms with Crippen LogP contribution in [0.15, 0.2) is 0 Å². The number of carbonyl (C=O) groups excluding carboxylic acids is 3. The van der Waals surface area contributed by atoms with Crippen molar-refractivity contribution in [3.05, 3.63) is 0 Å². The first-order chi connectivity index (χ1) is 12.0. The van der Waals surface area contributed by atoms with Crippen molar-refractivity contribution in [2.45, 2.75) is 97.8 Å². The Kier molecular flexibility index (Phi) is 10.7. The second-order valence-corrected chi connectivity index (χ2v) is 7.42. The zero-order valence-corrected chi connectivity index (χ0v) is 16.5. The van der Waals surface area contributed by atoms with Gasteiger partial charge >= 0.3 is 0 Å². The fourth-order valence-electron chi connectivity index (χ4n) is 3.72. The topological polar surface area (TPSA) is 54.5 Å². The highest BCUT2D eigenvalue weighted by molar-refractivity contribution is 6.03. The number of hydrogen-bond donors (Lipinski definition) is 0. The lowest BCUT2D eigenvalue weighted by Gasteiger charge is -2.15. The predicted octanol–water partition coefficient (Wildman–Crippen LogP) is 4.90. The summed E-state index contributed by atoms with van der Waals surface area (Å²) in [6.45, 7) is 6.83. The van der Waals surface area contributed by atoms with E-state index in [0.717, 1.165) is 51.4 Å². The van der Waals surface area contributed by atoms with Gasteiger partial charge in [-0.25, -0.2) is 0 Å². The minimum absolute atomic E-state index is 0.00130. The number of carbonyl (C=O) groups is 3. The molecule has 1 aliphatic rings. The molecule has 0 radical (unpaired) electrons. The van der Waals surface area contributed by atoms with Crippen LogP contribution in [0.1, 0.15) is 97.8 Å². The molecule has 0 N–H and O–H groups in total. The average Bonchev–Trinajstić information content (AvgIpc) is 2.86. The van der Waals surface area contributed by atoms with E-state index in [1.807, 2.05) is 0 Å². The summed E-state index contributed by atoms with van der Waals surface area (Å²) in [5.74, 6) is 0.523. The van der Waals surface area contributed by atoms with Gasteiger partial charge < -0.3 is 0 Å². The number of Topliss-reactive ketones (excluding diaryl/α,β-unsaturated/α-hetero) is 1. The van der Waals surface area contributed by atoms with E-state index in [1.54, 1.807) is 0 Å². The Balaban J connectivity index is 2.23. The van der Waals surface area contributed by atoms with Crippen molar-refractivity contribution in [3.8, 4) is 0 Å². The summed E-state index contributed by atoms with van der Waals surface area (Å²) >= 11 is 0. The highest BCUT2D eigenvalue weighted by Crippen LogP contribution is 2.25. The van der Waals surface area contributed by atoms with Crippen LogP contribution in [0, 0.1) is 11.8 Å². The van der Waals surface area contributed by atoms with E-state index in [9.17, 15) is 14.4 Å². The molecule has 0 bridgehead atoms. The largest absolute Gasteiger partial charge is 0.299 e. The van der Waals surface area contributed by atoms with Crippen molar-refractivity contribution < 1.29 is 14.4 Å². The van der Waals surface area contributed by atoms with E-state index in [4.69, 9.17) is 0 Å². The van der Waals surface area contributed by atoms with Crippen LogP contribution in [0.3, 0.4) is 0 Å². The van der Waals surface area contributed by atoms with E-state index >= 15 is 0 Å². The van der Waals surface area contributed by atoms with Gasteiger partial charge in [0.2, 0.25) is 11.8 Å². The lowest BCUT2D eigenvalue weighted by atomic mass is 9.94. The van der Waals surface area contributed by atoms with Gasteiger partial charge in [0.1, 0.15) is 5.78 Å². The van der Waals surface area contributed by atoms with Crippen molar-refractivity contribution in [1.82, 2.24) is 4.90 Å². The molecule has 4 heteroatoms. The van der Waals surface area contributed by atoms with Crippen molar-refractivity contribution in [1.29, 1.82) is 0 Å². The summed E-state index contributed by atoms with van der Waals surface area (Å²) in [6.07, 6.45) is 10.9. The van der Waals surface area contributed by atoms with E-state index in [1.165, 1.54) is 17.7 Å². The summed E-state index contributed by atoms with van der Waals surface area (Å²) in [6, 6.07) is 0. The highest BCUT2D eigenvalue weighted by atomic mass is 16.2. The van der Waals surface area contributed by atoms with Crippen LogP contribution in [0.5, 0.6) is 0 Å². The second-order valence-electron chi connectivity index (χ2n) is 7.42. The number of unbranched alkanes of at least 4 members (excludes halogenated alkanes) is 5.